The van der Waals surface area contributed by atoms with Crippen molar-refractivity contribution < 1.29 is 18.9 Å². The van der Waals surface area contributed by atoms with Gasteiger partial charge in [-0.15, -0.1) is 0 Å². The summed E-state index contributed by atoms with van der Waals surface area (Å²) in [5, 5.41) is 0.936. The van der Waals surface area contributed by atoms with Crippen LogP contribution < -0.4 is 23.8 Å². The van der Waals surface area contributed by atoms with Crippen LogP contribution in [0.5, 0.6) is 23.0 Å². The first-order valence-electron chi connectivity index (χ1n) is 12.9. The highest BCUT2D eigenvalue weighted by molar-refractivity contribution is 5.93. The molecular formula is C30H34N4O4. The van der Waals surface area contributed by atoms with Gasteiger partial charge in [-0.1, -0.05) is 30.3 Å². The number of piperazine rings is 1. The Morgan fingerprint density at radius 3 is 2.13 bits per heavy atom. The molecule has 0 spiro atoms. The Morgan fingerprint density at radius 1 is 0.737 bits per heavy atom. The first kappa shape index (κ1) is 25.6. The number of aromatic nitrogens is 2. The van der Waals surface area contributed by atoms with E-state index < -0.39 is 0 Å². The van der Waals surface area contributed by atoms with Crippen LogP contribution in [-0.4, -0.2) is 69.0 Å². The molecule has 3 aromatic carbocycles. The molecule has 5 rings (SSSR count). The molecule has 1 saturated heterocycles. The molecule has 0 N–H and O–H groups in total. The van der Waals surface area contributed by atoms with Crippen LogP contribution in [0.3, 0.4) is 0 Å². The average molecular weight is 515 g/mol. The van der Waals surface area contributed by atoms with E-state index in [1.807, 2.05) is 37.3 Å². The van der Waals surface area contributed by atoms with Crippen LogP contribution in [0.25, 0.3) is 22.3 Å². The molecular weight excluding hydrogens is 480 g/mol. The van der Waals surface area contributed by atoms with Crippen molar-refractivity contribution >= 4 is 16.7 Å². The van der Waals surface area contributed by atoms with E-state index in [0.29, 0.717) is 35.4 Å². The third-order valence-electron chi connectivity index (χ3n) is 6.82. The minimum absolute atomic E-state index is 0.533. The van der Waals surface area contributed by atoms with Gasteiger partial charge in [0.2, 0.25) is 0 Å². The minimum Gasteiger partial charge on any atom is -0.493 e. The average Bonchev–Trinajstić information content (AvgIpc) is 2.97. The number of hydrogen-bond acceptors (Lipinski definition) is 8. The summed E-state index contributed by atoms with van der Waals surface area (Å²) >= 11 is 0. The van der Waals surface area contributed by atoms with Gasteiger partial charge in [0.15, 0.2) is 28.8 Å². The molecule has 1 aliphatic heterocycles. The van der Waals surface area contributed by atoms with Gasteiger partial charge < -0.3 is 23.8 Å². The second-order valence-corrected chi connectivity index (χ2v) is 9.14. The SMILES string of the molecule is CCOc1cc2nc(-c3ccc(OC)c(OC)c3)nc(N3CCN(Cc4ccccc4)CC3)c2cc1OC. The molecule has 1 aromatic heterocycles. The highest BCUT2D eigenvalue weighted by Gasteiger charge is 2.23. The first-order valence-corrected chi connectivity index (χ1v) is 12.9. The van der Waals surface area contributed by atoms with Gasteiger partial charge in [-0.3, -0.25) is 4.90 Å². The summed E-state index contributed by atoms with van der Waals surface area (Å²) in [6.07, 6.45) is 0. The Labute approximate surface area is 223 Å². The predicted octanol–water partition coefficient (Wildman–Crippen LogP) is 5.04. The normalized spacial score (nSPS) is 13.9. The summed E-state index contributed by atoms with van der Waals surface area (Å²) < 4.78 is 22.5. The van der Waals surface area contributed by atoms with Crippen molar-refractivity contribution in [3.8, 4) is 34.4 Å². The van der Waals surface area contributed by atoms with Crippen LogP contribution in [0.1, 0.15) is 12.5 Å². The third kappa shape index (κ3) is 5.31. The lowest BCUT2D eigenvalue weighted by Gasteiger charge is -2.36. The van der Waals surface area contributed by atoms with Gasteiger partial charge in [-0.25, -0.2) is 9.97 Å². The zero-order chi connectivity index (χ0) is 26.5. The Bertz CT molecular complexity index is 1390. The van der Waals surface area contributed by atoms with E-state index in [2.05, 4.69) is 40.1 Å². The number of rotatable bonds is 9. The zero-order valence-corrected chi connectivity index (χ0v) is 22.4. The van der Waals surface area contributed by atoms with E-state index in [0.717, 1.165) is 55.0 Å². The standard InChI is InChI=1S/C30H34N4O4/c1-5-38-28-19-24-23(18-27(28)37-4)30(32-29(31-24)22-11-12-25(35-2)26(17-22)36-3)34-15-13-33(14-16-34)20-21-9-7-6-8-10-21/h6-12,17-19H,5,13-16,20H2,1-4H3. The molecule has 0 saturated carbocycles. The van der Waals surface area contributed by atoms with Crippen LogP contribution in [0.15, 0.2) is 60.7 Å². The molecule has 0 bridgehead atoms. The smallest absolute Gasteiger partial charge is 0.163 e. The van der Waals surface area contributed by atoms with Crippen LogP contribution in [0.2, 0.25) is 0 Å². The Hall–Kier alpha value is -4.04. The van der Waals surface area contributed by atoms with Gasteiger partial charge in [0, 0.05) is 49.7 Å². The molecule has 1 aliphatic rings. The van der Waals surface area contributed by atoms with Gasteiger partial charge in [0.1, 0.15) is 5.82 Å². The predicted molar refractivity (Wildman–Crippen MR) is 150 cm³/mol. The highest BCUT2D eigenvalue weighted by Crippen LogP contribution is 2.38. The number of fused-ring (bicyclic) bond motifs is 1. The summed E-state index contributed by atoms with van der Waals surface area (Å²) in [4.78, 5) is 14.9. The molecule has 1 fully saturated rings. The number of hydrogen-bond donors (Lipinski definition) is 0. The molecule has 8 nitrogen and oxygen atoms in total. The van der Waals surface area contributed by atoms with Crippen molar-refractivity contribution in [1.82, 2.24) is 14.9 Å². The lowest BCUT2D eigenvalue weighted by molar-refractivity contribution is 0.249. The number of methoxy groups -OCH3 is 3. The molecule has 8 heteroatoms. The van der Waals surface area contributed by atoms with Crippen molar-refractivity contribution in [2.24, 2.45) is 0 Å². The summed E-state index contributed by atoms with van der Waals surface area (Å²) in [7, 11) is 4.91. The van der Waals surface area contributed by atoms with Gasteiger partial charge in [0.05, 0.1) is 33.5 Å². The van der Waals surface area contributed by atoms with Crippen molar-refractivity contribution in [3.63, 3.8) is 0 Å². The summed E-state index contributed by atoms with van der Waals surface area (Å²) in [6.45, 7) is 7.05. The summed E-state index contributed by atoms with van der Waals surface area (Å²) in [6, 6.07) is 20.3. The molecule has 0 amide bonds. The topological polar surface area (TPSA) is 69.2 Å². The number of nitrogens with zero attached hydrogens (tertiary/aromatic N) is 4. The Kier molecular flexibility index (Phi) is 7.79. The fraction of sp³-hybridized carbons (Fsp3) is 0.333. The van der Waals surface area contributed by atoms with Gasteiger partial charge in [-0.2, -0.15) is 0 Å². The number of benzene rings is 3. The molecule has 0 atom stereocenters. The van der Waals surface area contributed by atoms with Crippen LogP contribution in [-0.2, 0) is 6.54 Å². The minimum atomic E-state index is 0.533. The van der Waals surface area contributed by atoms with E-state index in [1.54, 1.807) is 21.3 Å². The first-order chi connectivity index (χ1) is 18.6. The molecule has 0 aliphatic carbocycles. The molecule has 38 heavy (non-hydrogen) atoms. The Balaban J connectivity index is 1.53. The maximum absolute atomic E-state index is 5.86. The number of ether oxygens (including phenoxy) is 4. The van der Waals surface area contributed by atoms with Crippen molar-refractivity contribution in [2.75, 3.05) is 59.0 Å². The molecule has 4 aromatic rings. The van der Waals surface area contributed by atoms with Gasteiger partial charge >= 0.3 is 0 Å². The maximum Gasteiger partial charge on any atom is 0.163 e. The molecule has 0 radical (unpaired) electrons. The number of anilines is 1. The summed E-state index contributed by atoms with van der Waals surface area (Å²) in [5.41, 5.74) is 2.98. The highest BCUT2D eigenvalue weighted by atomic mass is 16.5. The molecule has 2 heterocycles. The van der Waals surface area contributed by atoms with Crippen LogP contribution in [0, 0.1) is 0 Å². The molecule has 198 valence electrons. The molecule has 0 unspecified atom stereocenters. The van der Waals surface area contributed by atoms with E-state index in [4.69, 9.17) is 28.9 Å². The quantitative estimate of drug-likeness (QED) is 0.308. The largest absolute Gasteiger partial charge is 0.493 e. The fourth-order valence-corrected chi connectivity index (χ4v) is 4.85. The van der Waals surface area contributed by atoms with E-state index >= 15 is 0 Å². The van der Waals surface area contributed by atoms with Crippen LogP contribution in [0.4, 0.5) is 5.82 Å². The summed E-state index contributed by atoms with van der Waals surface area (Å²) in [5.74, 6) is 4.14. The lowest BCUT2D eigenvalue weighted by Crippen LogP contribution is -2.46. The van der Waals surface area contributed by atoms with Crippen molar-refractivity contribution in [1.29, 1.82) is 0 Å². The maximum atomic E-state index is 5.86. The zero-order valence-electron chi connectivity index (χ0n) is 22.4. The second kappa shape index (κ2) is 11.6. The van der Waals surface area contributed by atoms with Crippen molar-refractivity contribution in [3.05, 3.63) is 66.2 Å². The van der Waals surface area contributed by atoms with E-state index in [1.165, 1.54) is 5.56 Å². The fourth-order valence-electron chi connectivity index (χ4n) is 4.85. The van der Waals surface area contributed by atoms with Gasteiger partial charge in [0.25, 0.3) is 0 Å². The van der Waals surface area contributed by atoms with Gasteiger partial charge in [-0.05, 0) is 36.8 Å². The van der Waals surface area contributed by atoms with Crippen LogP contribution >= 0.6 is 0 Å². The third-order valence-corrected chi connectivity index (χ3v) is 6.82. The monoisotopic (exact) mass is 514 g/mol. The second-order valence-electron chi connectivity index (χ2n) is 9.14. The van der Waals surface area contributed by atoms with E-state index in [9.17, 15) is 0 Å². The Morgan fingerprint density at radius 2 is 1.45 bits per heavy atom. The lowest BCUT2D eigenvalue weighted by atomic mass is 10.1. The van der Waals surface area contributed by atoms with E-state index in [-0.39, 0.29) is 0 Å². The van der Waals surface area contributed by atoms with Crippen molar-refractivity contribution in [2.45, 2.75) is 13.5 Å².